The van der Waals surface area contributed by atoms with Crippen molar-refractivity contribution in [1.82, 2.24) is 0 Å². The van der Waals surface area contributed by atoms with Gasteiger partial charge in [0.2, 0.25) is 0 Å². The van der Waals surface area contributed by atoms with E-state index in [1.54, 1.807) is 31.2 Å². The third-order valence-electron chi connectivity index (χ3n) is 4.99. The van der Waals surface area contributed by atoms with Crippen LogP contribution in [0.4, 0.5) is 11.4 Å². The molecule has 0 aromatic heterocycles. The molecule has 0 aliphatic heterocycles. The Balaban J connectivity index is 1.63. The topological polar surface area (TPSA) is 62.6 Å². The van der Waals surface area contributed by atoms with Gasteiger partial charge in [0.1, 0.15) is 0 Å². The molecule has 2 amide bonds. The van der Waals surface area contributed by atoms with Crippen molar-refractivity contribution in [1.29, 1.82) is 0 Å². The lowest BCUT2D eigenvalue weighted by Gasteiger charge is -2.21. The van der Waals surface area contributed by atoms with Crippen molar-refractivity contribution in [2.45, 2.75) is 13.0 Å². The lowest BCUT2D eigenvalue weighted by molar-refractivity contribution is -0.885. The predicted molar refractivity (Wildman–Crippen MR) is 122 cm³/mol. The van der Waals surface area contributed by atoms with Gasteiger partial charge in [-0.3, -0.25) is 9.59 Å². The van der Waals surface area contributed by atoms with Crippen LogP contribution in [0.25, 0.3) is 11.1 Å². The highest BCUT2D eigenvalue weighted by Crippen LogP contribution is 2.27. The number of hydrogen-bond donors (Lipinski definition) is 3. The number of rotatable bonds is 7. The average molecular weight is 423 g/mol. The molecule has 5 nitrogen and oxygen atoms in total. The second-order valence-electron chi connectivity index (χ2n) is 7.17. The molecule has 0 saturated carbocycles. The summed E-state index contributed by atoms with van der Waals surface area (Å²) in [7, 11) is 1.82. The molecule has 0 spiro atoms. The van der Waals surface area contributed by atoms with Crippen LogP contribution in [-0.4, -0.2) is 31.4 Å². The summed E-state index contributed by atoms with van der Waals surface area (Å²) in [4.78, 5) is 26.0. The Morgan fingerprint density at radius 3 is 2.17 bits per heavy atom. The van der Waals surface area contributed by atoms with Crippen molar-refractivity contribution in [3.05, 3.63) is 83.9 Å². The van der Waals surface area contributed by atoms with Crippen LogP contribution in [0.15, 0.2) is 78.9 Å². The number of anilines is 2. The monoisotopic (exact) mass is 422 g/mol. The highest BCUT2D eigenvalue weighted by atomic mass is 35.5. The van der Waals surface area contributed by atoms with E-state index in [0.717, 1.165) is 21.7 Å². The number of likely N-dealkylation sites (N-methyl/N-ethyl adjacent to an activating group) is 1. The van der Waals surface area contributed by atoms with Crippen LogP contribution >= 0.6 is 11.6 Å². The summed E-state index contributed by atoms with van der Waals surface area (Å²) in [5, 5.41) is 6.28. The van der Waals surface area contributed by atoms with E-state index in [4.69, 9.17) is 11.6 Å². The van der Waals surface area contributed by atoms with Gasteiger partial charge >= 0.3 is 0 Å². The summed E-state index contributed by atoms with van der Waals surface area (Å²) in [6, 6.07) is 24.2. The number of amides is 2. The van der Waals surface area contributed by atoms with Crippen LogP contribution in [0.3, 0.4) is 0 Å². The van der Waals surface area contributed by atoms with E-state index in [1.165, 1.54) is 0 Å². The molecule has 1 unspecified atom stereocenters. The fourth-order valence-corrected chi connectivity index (χ4v) is 3.27. The molecule has 3 aromatic rings. The molecule has 0 aliphatic carbocycles. The number of quaternary nitrogens is 1. The van der Waals surface area contributed by atoms with Crippen molar-refractivity contribution in [3.8, 4) is 11.1 Å². The molecule has 2 atom stereocenters. The van der Waals surface area contributed by atoms with Gasteiger partial charge in [-0.15, -0.1) is 0 Å². The largest absolute Gasteiger partial charge is 0.320 e. The molecule has 3 N–H and O–H groups in total. The molecule has 154 valence electrons. The molecule has 30 heavy (non-hydrogen) atoms. The summed E-state index contributed by atoms with van der Waals surface area (Å²) in [5.74, 6) is -0.355. The second kappa shape index (κ2) is 10.1. The molecule has 0 saturated heterocycles. The maximum Gasteiger partial charge on any atom is 0.282 e. The van der Waals surface area contributed by atoms with E-state index in [9.17, 15) is 9.59 Å². The summed E-state index contributed by atoms with van der Waals surface area (Å²) in [5.41, 5.74) is 3.29. The third-order valence-corrected chi connectivity index (χ3v) is 5.32. The van der Waals surface area contributed by atoms with Crippen LogP contribution in [0.2, 0.25) is 5.02 Å². The van der Waals surface area contributed by atoms with Gasteiger partial charge in [0.15, 0.2) is 12.6 Å². The zero-order valence-electron chi connectivity index (χ0n) is 17.0. The first-order valence-electron chi connectivity index (χ1n) is 9.77. The summed E-state index contributed by atoms with van der Waals surface area (Å²) in [6.45, 7) is 1.94. The molecule has 0 heterocycles. The number of carbonyl (C=O) groups is 2. The van der Waals surface area contributed by atoms with Crippen LogP contribution in [0, 0.1) is 0 Å². The number of benzene rings is 3. The van der Waals surface area contributed by atoms with Gasteiger partial charge in [0.05, 0.1) is 17.8 Å². The molecule has 6 heteroatoms. The van der Waals surface area contributed by atoms with Crippen molar-refractivity contribution in [2.75, 3.05) is 24.2 Å². The Morgan fingerprint density at radius 1 is 0.867 bits per heavy atom. The Bertz CT molecular complexity index is 1020. The van der Waals surface area contributed by atoms with Crippen LogP contribution in [-0.2, 0) is 9.59 Å². The Hall–Kier alpha value is -3.15. The molecule has 0 radical (unpaired) electrons. The van der Waals surface area contributed by atoms with Gasteiger partial charge in [-0.2, -0.15) is 0 Å². The minimum absolute atomic E-state index is 0.139. The summed E-state index contributed by atoms with van der Waals surface area (Å²) >= 11 is 6.09. The molecule has 0 fully saturated rings. The summed E-state index contributed by atoms with van der Waals surface area (Å²) < 4.78 is 0. The summed E-state index contributed by atoms with van der Waals surface area (Å²) in [6.07, 6.45) is 0. The Morgan fingerprint density at radius 2 is 1.47 bits per heavy atom. The lowest BCUT2D eigenvalue weighted by atomic mass is 10.0. The highest BCUT2D eigenvalue weighted by molar-refractivity contribution is 6.33. The molecule has 0 bridgehead atoms. The highest BCUT2D eigenvalue weighted by Gasteiger charge is 2.25. The normalized spacial score (nSPS) is 12.6. The van der Waals surface area contributed by atoms with Gasteiger partial charge in [-0.05, 0) is 30.7 Å². The standard InChI is InChI=1S/C24H24ClN3O2/c1-17(28(2)16-23(29)26-22-15-9-7-13-20(22)25)24(30)27-21-14-8-6-12-19(21)18-10-4-3-5-11-18/h3-15,17H,16H2,1-2H3,(H,26,29)(H,27,30)/p+1/t17-/m0/s1. The molecule has 3 rings (SSSR count). The number of para-hydroxylation sites is 2. The number of hydrogen-bond acceptors (Lipinski definition) is 2. The lowest BCUT2D eigenvalue weighted by Crippen LogP contribution is -3.14. The molecular formula is C24H25ClN3O2+. The number of carbonyl (C=O) groups excluding carboxylic acids is 2. The minimum Gasteiger partial charge on any atom is -0.320 e. The van der Waals surface area contributed by atoms with Gasteiger partial charge in [-0.25, -0.2) is 0 Å². The average Bonchev–Trinajstić information content (AvgIpc) is 2.75. The molecular weight excluding hydrogens is 398 g/mol. The SMILES string of the molecule is C[C@@H](C(=O)Nc1ccccc1-c1ccccc1)[NH+](C)CC(=O)Nc1ccccc1Cl. The minimum atomic E-state index is -0.425. The first-order valence-corrected chi connectivity index (χ1v) is 10.2. The first-order chi connectivity index (χ1) is 14.5. The Kier molecular flexibility index (Phi) is 7.22. The van der Waals surface area contributed by atoms with E-state index in [1.807, 2.05) is 61.6 Å². The fourth-order valence-electron chi connectivity index (χ4n) is 3.09. The van der Waals surface area contributed by atoms with Crippen LogP contribution in [0.5, 0.6) is 0 Å². The zero-order valence-corrected chi connectivity index (χ0v) is 17.7. The smallest absolute Gasteiger partial charge is 0.282 e. The van der Waals surface area contributed by atoms with Gasteiger partial charge in [-0.1, -0.05) is 72.3 Å². The van der Waals surface area contributed by atoms with E-state index in [-0.39, 0.29) is 18.4 Å². The van der Waals surface area contributed by atoms with Crippen LogP contribution < -0.4 is 15.5 Å². The number of halogens is 1. The maximum atomic E-state index is 12.8. The van der Waals surface area contributed by atoms with Crippen molar-refractivity contribution >= 4 is 34.8 Å². The maximum absolute atomic E-state index is 12.8. The zero-order chi connectivity index (χ0) is 21.5. The second-order valence-corrected chi connectivity index (χ2v) is 7.58. The van der Waals surface area contributed by atoms with Crippen molar-refractivity contribution in [3.63, 3.8) is 0 Å². The van der Waals surface area contributed by atoms with Crippen molar-refractivity contribution < 1.29 is 14.5 Å². The quantitative estimate of drug-likeness (QED) is 0.545. The predicted octanol–water partition coefficient (Wildman–Crippen LogP) is 3.49. The molecule has 0 aliphatic rings. The molecule has 3 aromatic carbocycles. The fraction of sp³-hybridized carbons (Fsp3) is 0.167. The van der Waals surface area contributed by atoms with Gasteiger partial charge in [0.25, 0.3) is 11.8 Å². The number of nitrogens with one attached hydrogen (secondary N) is 3. The first kappa shape index (κ1) is 21.6. The van der Waals surface area contributed by atoms with E-state index >= 15 is 0 Å². The van der Waals surface area contributed by atoms with Gasteiger partial charge < -0.3 is 15.5 Å². The van der Waals surface area contributed by atoms with E-state index < -0.39 is 6.04 Å². The van der Waals surface area contributed by atoms with E-state index in [2.05, 4.69) is 10.6 Å². The third kappa shape index (κ3) is 5.47. The Labute approximate surface area is 181 Å². The van der Waals surface area contributed by atoms with Crippen LogP contribution in [0.1, 0.15) is 6.92 Å². The van der Waals surface area contributed by atoms with Gasteiger partial charge in [0, 0.05) is 11.3 Å². The van der Waals surface area contributed by atoms with E-state index in [0.29, 0.717) is 10.7 Å². The van der Waals surface area contributed by atoms with Crippen molar-refractivity contribution in [2.24, 2.45) is 0 Å².